The molecule has 2 fully saturated rings. The van der Waals surface area contributed by atoms with Crippen LogP contribution in [-0.4, -0.2) is 75.7 Å². The molecule has 196 valence electrons. The zero-order chi connectivity index (χ0) is 26.1. The highest BCUT2D eigenvalue weighted by Gasteiger charge is 2.41. The molecule has 1 amide bonds. The Morgan fingerprint density at radius 2 is 1.89 bits per heavy atom. The van der Waals surface area contributed by atoms with E-state index in [4.69, 9.17) is 0 Å². The van der Waals surface area contributed by atoms with E-state index in [-0.39, 0.29) is 23.6 Å². The highest BCUT2D eigenvalue weighted by molar-refractivity contribution is 7.90. The minimum Gasteiger partial charge on any atom is -0.342 e. The number of benzene rings is 1. The molecule has 2 aliphatic rings. The second-order valence-electron chi connectivity index (χ2n) is 9.42. The zero-order valence-corrected chi connectivity index (χ0v) is 21.0. The molecule has 9 nitrogen and oxygen atoms in total. The average Bonchev–Trinajstić information content (AvgIpc) is 3.61. The summed E-state index contributed by atoms with van der Waals surface area (Å²) in [6.45, 7) is 3.00. The number of halogens is 3. The number of hydrogen-bond donors (Lipinski definition) is 0. The van der Waals surface area contributed by atoms with Gasteiger partial charge >= 0.3 is 6.18 Å². The van der Waals surface area contributed by atoms with E-state index in [0.29, 0.717) is 49.4 Å². The molecule has 1 saturated carbocycles. The van der Waals surface area contributed by atoms with Gasteiger partial charge in [0.05, 0.1) is 17.4 Å². The number of carbonyl (C=O) groups excluding carboxylic acids is 1. The van der Waals surface area contributed by atoms with E-state index in [1.807, 2.05) is 0 Å². The minimum absolute atomic E-state index is 0.0310. The van der Waals surface area contributed by atoms with Gasteiger partial charge in [0.15, 0.2) is 5.82 Å². The van der Waals surface area contributed by atoms with E-state index in [9.17, 15) is 26.4 Å². The summed E-state index contributed by atoms with van der Waals surface area (Å²) < 4.78 is 66.1. The van der Waals surface area contributed by atoms with Crippen LogP contribution in [0.5, 0.6) is 0 Å². The number of alkyl halides is 3. The van der Waals surface area contributed by atoms with Crippen molar-refractivity contribution in [3.8, 4) is 0 Å². The summed E-state index contributed by atoms with van der Waals surface area (Å²) in [5, 5.41) is 11.4. The summed E-state index contributed by atoms with van der Waals surface area (Å²) in [4.78, 5) is 15.5. The molecule has 13 heteroatoms. The van der Waals surface area contributed by atoms with Crippen molar-refractivity contribution < 1.29 is 26.4 Å². The molecule has 1 aliphatic carbocycles. The van der Waals surface area contributed by atoms with E-state index >= 15 is 0 Å². The number of aromatic nitrogens is 4. The molecule has 0 atom stereocenters. The molecule has 0 bridgehead atoms. The third kappa shape index (κ3) is 6.30. The van der Waals surface area contributed by atoms with Crippen molar-refractivity contribution in [1.29, 1.82) is 0 Å². The molecule has 1 aliphatic heterocycles. The van der Waals surface area contributed by atoms with Crippen LogP contribution < -0.4 is 0 Å². The predicted octanol–water partition coefficient (Wildman–Crippen LogP) is 2.72. The first-order valence-electron chi connectivity index (χ1n) is 11.8. The van der Waals surface area contributed by atoms with Crippen molar-refractivity contribution >= 4 is 22.0 Å². The van der Waals surface area contributed by atoms with Crippen LogP contribution in [0.1, 0.15) is 48.2 Å². The van der Waals surface area contributed by atoms with Crippen molar-refractivity contribution in [2.75, 3.05) is 26.7 Å². The Bertz CT molecular complexity index is 1230. The first-order chi connectivity index (χ1) is 16.9. The third-order valence-electron chi connectivity index (χ3n) is 6.53. The number of aryl methyl sites for hydroxylation is 1. The fourth-order valence-corrected chi connectivity index (χ4v) is 6.19. The van der Waals surface area contributed by atoms with Crippen molar-refractivity contribution in [1.82, 2.24) is 29.4 Å². The number of sulfonamides is 1. The topological polar surface area (TPSA) is 101 Å². The summed E-state index contributed by atoms with van der Waals surface area (Å²) in [5.41, 5.74) is -0.0542. The Balaban J connectivity index is 1.39. The van der Waals surface area contributed by atoms with Gasteiger partial charge in [0, 0.05) is 32.8 Å². The molecule has 0 radical (unpaired) electrons. The molecule has 36 heavy (non-hydrogen) atoms. The summed E-state index contributed by atoms with van der Waals surface area (Å²) in [7, 11) is -1.52. The Morgan fingerprint density at radius 1 is 1.19 bits per heavy atom. The number of carbonyl (C=O) groups is 1. The predicted molar refractivity (Wildman–Crippen MR) is 126 cm³/mol. The summed E-state index contributed by atoms with van der Waals surface area (Å²) >= 11 is 0. The van der Waals surface area contributed by atoms with Crippen LogP contribution in [-0.2, 0) is 27.5 Å². The van der Waals surface area contributed by atoms with Gasteiger partial charge in [-0.25, -0.2) is 12.7 Å². The van der Waals surface area contributed by atoms with Crippen LogP contribution in [0.2, 0.25) is 0 Å². The Kier molecular flexibility index (Phi) is 7.51. The lowest BCUT2D eigenvalue weighted by Crippen LogP contribution is -2.42. The average molecular weight is 527 g/mol. The van der Waals surface area contributed by atoms with Gasteiger partial charge in [-0.15, -0.1) is 10.2 Å². The minimum atomic E-state index is -4.51. The molecule has 2 heterocycles. The molecule has 0 spiro atoms. The Hall–Kier alpha value is -2.80. The van der Waals surface area contributed by atoms with Gasteiger partial charge in [-0.2, -0.15) is 18.0 Å². The molecular weight excluding hydrogens is 497 g/mol. The molecule has 2 aromatic rings. The van der Waals surface area contributed by atoms with Crippen molar-refractivity contribution in [3.63, 3.8) is 0 Å². The van der Waals surface area contributed by atoms with Gasteiger partial charge in [0.1, 0.15) is 0 Å². The SMILES string of the molecule is Cc1nnn(Cc2cc(C(F)(F)F)ccc2/C=C/C(=O)N(C)CC2CCN(S(=O)(=O)C3CC3)CC2)n1. The lowest BCUT2D eigenvalue weighted by Gasteiger charge is -2.33. The largest absolute Gasteiger partial charge is 0.416 e. The first kappa shape index (κ1) is 26.3. The first-order valence-corrected chi connectivity index (χ1v) is 13.3. The van der Waals surface area contributed by atoms with Crippen LogP contribution in [0.15, 0.2) is 24.3 Å². The number of nitrogens with zero attached hydrogens (tertiary/aromatic N) is 6. The molecular formula is C23H29F3N6O3S. The third-order valence-corrected chi connectivity index (χ3v) is 8.93. The van der Waals surface area contributed by atoms with E-state index in [1.54, 1.807) is 23.2 Å². The second-order valence-corrected chi connectivity index (χ2v) is 11.6. The van der Waals surface area contributed by atoms with Crippen LogP contribution in [0.4, 0.5) is 13.2 Å². The molecule has 1 aromatic heterocycles. The van der Waals surface area contributed by atoms with E-state index in [1.165, 1.54) is 23.0 Å². The van der Waals surface area contributed by atoms with Crippen molar-refractivity contribution in [2.45, 2.75) is 50.6 Å². The molecule has 1 saturated heterocycles. The fourth-order valence-electron chi connectivity index (χ4n) is 4.31. The van der Waals surface area contributed by atoms with Crippen molar-refractivity contribution in [2.24, 2.45) is 5.92 Å². The lowest BCUT2D eigenvalue weighted by atomic mass is 9.97. The molecule has 1 aromatic carbocycles. The number of hydrogen-bond acceptors (Lipinski definition) is 6. The summed E-state index contributed by atoms with van der Waals surface area (Å²) in [5.74, 6) is 0.289. The van der Waals surface area contributed by atoms with Gasteiger partial charge in [0.25, 0.3) is 0 Å². The van der Waals surface area contributed by atoms with Crippen LogP contribution in [0.25, 0.3) is 6.08 Å². The van der Waals surface area contributed by atoms with E-state index in [0.717, 1.165) is 25.0 Å². The maximum absolute atomic E-state index is 13.3. The number of piperidine rings is 1. The standard InChI is InChI=1S/C23H29F3N6O3S/c1-16-27-29-32(28-16)15-19-13-20(23(24,25)26)5-3-18(19)4-8-22(33)30(2)14-17-9-11-31(12-10-17)36(34,35)21-6-7-21/h3-5,8,13,17,21H,6-7,9-12,14-15H2,1-2H3/b8-4+. The monoisotopic (exact) mass is 526 g/mol. The zero-order valence-electron chi connectivity index (χ0n) is 20.1. The Labute approximate surface area is 208 Å². The van der Waals surface area contributed by atoms with Crippen LogP contribution >= 0.6 is 0 Å². The van der Waals surface area contributed by atoms with Crippen LogP contribution in [0.3, 0.4) is 0 Å². The number of tetrazole rings is 1. The van der Waals surface area contributed by atoms with E-state index < -0.39 is 21.8 Å². The lowest BCUT2D eigenvalue weighted by molar-refractivity contribution is -0.137. The van der Waals surface area contributed by atoms with Crippen molar-refractivity contribution in [3.05, 3.63) is 46.8 Å². The molecule has 4 rings (SSSR count). The highest BCUT2D eigenvalue weighted by atomic mass is 32.2. The van der Waals surface area contributed by atoms with E-state index in [2.05, 4.69) is 15.4 Å². The van der Waals surface area contributed by atoms with Gasteiger partial charge in [0.2, 0.25) is 15.9 Å². The maximum Gasteiger partial charge on any atom is 0.416 e. The molecule has 0 unspecified atom stereocenters. The quantitative estimate of drug-likeness (QED) is 0.491. The number of rotatable bonds is 8. The van der Waals surface area contributed by atoms with Gasteiger partial charge in [-0.3, -0.25) is 4.79 Å². The van der Waals surface area contributed by atoms with Gasteiger partial charge < -0.3 is 4.90 Å². The molecule has 0 N–H and O–H groups in total. The van der Waals surface area contributed by atoms with Crippen LogP contribution in [0, 0.1) is 12.8 Å². The van der Waals surface area contributed by atoms with Gasteiger partial charge in [-0.05, 0) is 73.1 Å². The second kappa shape index (κ2) is 10.3. The Morgan fingerprint density at radius 3 is 2.47 bits per heavy atom. The summed E-state index contributed by atoms with van der Waals surface area (Å²) in [6, 6.07) is 3.32. The number of likely N-dealkylation sites (N-methyl/N-ethyl adjacent to an activating group) is 1. The maximum atomic E-state index is 13.3. The normalized spacial score (nSPS) is 18.1. The summed E-state index contributed by atoms with van der Waals surface area (Å²) in [6.07, 6.45) is 1.15. The fraction of sp³-hybridized carbons (Fsp3) is 0.565. The van der Waals surface area contributed by atoms with Gasteiger partial charge in [-0.1, -0.05) is 6.07 Å². The highest BCUT2D eigenvalue weighted by Crippen LogP contribution is 2.33. The number of amides is 1. The smallest absolute Gasteiger partial charge is 0.342 e.